The molecule has 0 bridgehead atoms. The van der Waals surface area contributed by atoms with Crippen molar-refractivity contribution in [1.82, 2.24) is 24.8 Å². The van der Waals surface area contributed by atoms with Crippen molar-refractivity contribution < 1.29 is 9.21 Å². The molecule has 0 atom stereocenters. The number of carbonyl (C=O) groups excluding carboxylic acids is 1. The molecule has 1 aliphatic rings. The number of rotatable bonds is 6. The van der Waals surface area contributed by atoms with E-state index in [0.717, 1.165) is 78.1 Å². The van der Waals surface area contributed by atoms with Crippen LogP contribution in [-0.2, 0) is 4.79 Å². The van der Waals surface area contributed by atoms with E-state index in [4.69, 9.17) is 9.40 Å². The molecule has 0 unspecified atom stereocenters. The molecule has 5 rings (SSSR count). The quantitative estimate of drug-likeness (QED) is 0.422. The first-order valence-electron chi connectivity index (χ1n) is 11.9. The summed E-state index contributed by atoms with van der Waals surface area (Å²) in [6.07, 6.45) is 2.76. The number of nitrogens with one attached hydrogen (secondary N) is 1. The summed E-state index contributed by atoms with van der Waals surface area (Å²) in [5, 5.41) is 3.12. The number of likely N-dealkylation sites (N-methyl/N-ethyl adjacent to an activating group) is 2. The maximum absolute atomic E-state index is 9.57. The van der Waals surface area contributed by atoms with Crippen LogP contribution in [0.3, 0.4) is 0 Å². The monoisotopic (exact) mass is 475 g/mol. The van der Waals surface area contributed by atoms with E-state index >= 15 is 0 Å². The van der Waals surface area contributed by atoms with Crippen molar-refractivity contribution in [2.45, 2.75) is 6.92 Å². The van der Waals surface area contributed by atoms with Gasteiger partial charge in [0.1, 0.15) is 17.6 Å². The van der Waals surface area contributed by atoms with E-state index in [1.807, 2.05) is 44.2 Å². The fraction of sp³-hybridized carbons (Fsp3) is 0.385. The van der Waals surface area contributed by atoms with Crippen LogP contribution in [-0.4, -0.2) is 91.4 Å². The average molecular weight is 476 g/mol. The van der Waals surface area contributed by atoms with E-state index in [9.17, 15) is 4.79 Å². The Morgan fingerprint density at radius 3 is 2.37 bits per heavy atom. The lowest BCUT2D eigenvalue weighted by Gasteiger charge is -2.33. The van der Waals surface area contributed by atoms with Gasteiger partial charge in [0.05, 0.1) is 23.8 Å². The summed E-state index contributed by atoms with van der Waals surface area (Å²) in [5.74, 6) is 0.949. The SMILES string of the molecule is CCNc1nc2cc(-c3ccc4ncc(N5CCN(C)CC5)nc4c3)ccc2o1.CN(C)CC=O. The largest absolute Gasteiger partial charge is 0.424 e. The minimum Gasteiger partial charge on any atom is -0.424 e. The Labute approximate surface area is 205 Å². The summed E-state index contributed by atoms with van der Waals surface area (Å²) in [5.41, 5.74) is 5.62. The van der Waals surface area contributed by atoms with Gasteiger partial charge in [-0.15, -0.1) is 0 Å². The van der Waals surface area contributed by atoms with Crippen molar-refractivity contribution >= 4 is 40.3 Å². The number of anilines is 2. The van der Waals surface area contributed by atoms with Crippen molar-refractivity contribution in [3.05, 3.63) is 42.6 Å². The highest BCUT2D eigenvalue weighted by molar-refractivity contribution is 5.86. The Morgan fingerprint density at radius 1 is 1.00 bits per heavy atom. The Hall–Kier alpha value is -3.56. The number of piperazine rings is 1. The molecule has 1 aliphatic heterocycles. The smallest absolute Gasteiger partial charge is 0.295 e. The van der Waals surface area contributed by atoms with Gasteiger partial charge in [-0.2, -0.15) is 4.98 Å². The zero-order valence-electron chi connectivity index (χ0n) is 20.9. The lowest BCUT2D eigenvalue weighted by molar-refractivity contribution is -0.108. The summed E-state index contributed by atoms with van der Waals surface area (Å²) >= 11 is 0. The first-order valence-corrected chi connectivity index (χ1v) is 11.9. The lowest BCUT2D eigenvalue weighted by atomic mass is 10.0. The number of aldehydes is 1. The van der Waals surface area contributed by atoms with E-state index in [-0.39, 0.29) is 0 Å². The highest BCUT2D eigenvalue weighted by atomic mass is 16.4. The van der Waals surface area contributed by atoms with Crippen LogP contribution in [0.15, 0.2) is 47.0 Å². The van der Waals surface area contributed by atoms with Crippen molar-refractivity contribution in [2.75, 3.05) is 70.6 Å². The molecule has 4 aromatic rings. The minimum atomic E-state index is 0.528. The molecule has 3 heterocycles. The zero-order chi connectivity index (χ0) is 24.8. The van der Waals surface area contributed by atoms with Crippen LogP contribution >= 0.6 is 0 Å². The molecule has 184 valence electrons. The predicted octanol–water partition coefficient (Wildman–Crippen LogP) is 3.37. The molecule has 9 heteroatoms. The van der Waals surface area contributed by atoms with Gasteiger partial charge in [0.25, 0.3) is 6.01 Å². The van der Waals surface area contributed by atoms with E-state index in [1.54, 1.807) is 0 Å². The molecule has 2 aromatic carbocycles. The van der Waals surface area contributed by atoms with Gasteiger partial charge in [-0.1, -0.05) is 12.1 Å². The Kier molecular flexibility index (Phi) is 7.89. The van der Waals surface area contributed by atoms with E-state index < -0.39 is 0 Å². The molecule has 0 amide bonds. The summed E-state index contributed by atoms with van der Waals surface area (Å²) in [7, 11) is 5.87. The molecule has 0 radical (unpaired) electrons. The van der Waals surface area contributed by atoms with Gasteiger partial charge in [-0.25, -0.2) is 4.98 Å². The Bertz CT molecular complexity index is 1280. The maximum atomic E-state index is 9.57. The maximum Gasteiger partial charge on any atom is 0.295 e. The number of hydrogen-bond donors (Lipinski definition) is 1. The Morgan fingerprint density at radius 2 is 1.71 bits per heavy atom. The van der Waals surface area contributed by atoms with E-state index in [2.05, 4.69) is 56.4 Å². The van der Waals surface area contributed by atoms with Gasteiger partial charge >= 0.3 is 0 Å². The van der Waals surface area contributed by atoms with Gasteiger partial charge in [0.15, 0.2) is 5.58 Å². The highest BCUT2D eigenvalue weighted by Crippen LogP contribution is 2.28. The normalized spacial score (nSPS) is 14.3. The van der Waals surface area contributed by atoms with Gasteiger partial charge in [-0.05, 0) is 63.5 Å². The number of carbonyl (C=O) groups is 1. The first kappa shape index (κ1) is 24.6. The predicted molar refractivity (Wildman–Crippen MR) is 141 cm³/mol. The highest BCUT2D eigenvalue weighted by Gasteiger charge is 2.16. The lowest BCUT2D eigenvalue weighted by Crippen LogP contribution is -2.44. The van der Waals surface area contributed by atoms with Crippen molar-refractivity contribution in [3.63, 3.8) is 0 Å². The van der Waals surface area contributed by atoms with E-state index in [0.29, 0.717) is 12.6 Å². The van der Waals surface area contributed by atoms with Gasteiger partial charge in [0, 0.05) is 32.7 Å². The second-order valence-corrected chi connectivity index (χ2v) is 8.88. The fourth-order valence-corrected chi connectivity index (χ4v) is 3.85. The standard InChI is InChI=1S/C22H24N6O.C4H9NO/c1-3-23-22-26-19-13-16(5-7-20(19)29-22)15-4-6-17-18(12-15)25-21(14-24-17)28-10-8-27(2)9-11-28;1-5(2)3-4-6/h4-7,12-14H,3,8-11H2,1-2H3,(H,23,26);4H,3H2,1-2H3. The number of fused-ring (bicyclic) bond motifs is 2. The second-order valence-electron chi connectivity index (χ2n) is 8.88. The van der Waals surface area contributed by atoms with Crippen LogP contribution in [0.5, 0.6) is 0 Å². The molecule has 0 spiro atoms. The zero-order valence-corrected chi connectivity index (χ0v) is 20.9. The summed E-state index contributed by atoms with van der Waals surface area (Å²) < 4.78 is 5.71. The molecule has 2 aromatic heterocycles. The average Bonchev–Trinajstić information content (AvgIpc) is 3.26. The molecule has 0 saturated carbocycles. The van der Waals surface area contributed by atoms with Gasteiger partial charge in [-0.3, -0.25) is 4.98 Å². The molecule has 35 heavy (non-hydrogen) atoms. The third kappa shape index (κ3) is 6.12. The third-order valence-electron chi connectivity index (χ3n) is 5.85. The second kappa shape index (κ2) is 11.2. The Balaban J connectivity index is 0.000000431. The first-order chi connectivity index (χ1) is 17.0. The number of benzene rings is 2. The summed E-state index contributed by atoms with van der Waals surface area (Å²) in [6, 6.07) is 12.9. The molecule has 1 N–H and O–H groups in total. The fourth-order valence-electron chi connectivity index (χ4n) is 3.85. The summed E-state index contributed by atoms with van der Waals surface area (Å²) in [6.45, 7) is 7.38. The molecule has 1 fully saturated rings. The van der Waals surface area contributed by atoms with Crippen LogP contribution in [0.2, 0.25) is 0 Å². The van der Waals surface area contributed by atoms with Crippen molar-refractivity contribution in [1.29, 1.82) is 0 Å². The molecular formula is C26H33N7O2. The third-order valence-corrected chi connectivity index (χ3v) is 5.85. The minimum absolute atomic E-state index is 0.528. The summed E-state index contributed by atoms with van der Waals surface area (Å²) in [4.78, 5) is 30.1. The number of hydrogen-bond acceptors (Lipinski definition) is 9. The van der Waals surface area contributed by atoms with Crippen LogP contribution in [0.4, 0.5) is 11.8 Å². The number of oxazole rings is 1. The van der Waals surface area contributed by atoms with Gasteiger partial charge < -0.3 is 29.2 Å². The van der Waals surface area contributed by atoms with E-state index in [1.165, 1.54) is 0 Å². The van der Waals surface area contributed by atoms with Crippen molar-refractivity contribution in [3.8, 4) is 11.1 Å². The molecular weight excluding hydrogens is 442 g/mol. The van der Waals surface area contributed by atoms with Crippen LogP contribution in [0.25, 0.3) is 33.3 Å². The van der Waals surface area contributed by atoms with Crippen LogP contribution in [0, 0.1) is 0 Å². The molecule has 9 nitrogen and oxygen atoms in total. The van der Waals surface area contributed by atoms with Crippen molar-refractivity contribution in [2.24, 2.45) is 0 Å². The molecule has 0 aliphatic carbocycles. The number of nitrogens with zero attached hydrogens (tertiary/aromatic N) is 6. The molecule has 1 saturated heterocycles. The number of aromatic nitrogens is 3. The van der Waals surface area contributed by atoms with Gasteiger partial charge in [0.2, 0.25) is 0 Å². The topological polar surface area (TPSA) is 90.6 Å². The van der Waals surface area contributed by atoms with Crippen LogP contribution in [0.1, 0.15) is 6.92 Å². The van der Waals surface area contributed by atoms with Crippen LogP contribution < -0.4 is 10.2 Å².